The second kappa shape index (κ2) is 7.86. The van der Waals surface area contributed by atoms with Crippen LogP contribution in [0.4, 0.5) is 23.0 Å². The van der Waals surface area contributed by atoms with Crippen molar-refractivity contribution in [1.82, 2.24) is 9.97 Å². The highest BCUT2D eigenvalue weighted by Gasteiger charge is 2.12. The van der Waals surface area contributed by atoms with Crippen molar-refractivity contribution >= 4 is 29.0 Å². The van der Waals surface area contributed by atoms with Gasteiger partial charge in [-0.1, -0.05) is 18.2 Å². The molecule has 138 valence electrons. The first kappa shape index (κ1) is 18.4. The van der Waals surface area contributed by atoms with Crippen LogP contribution in [-0.2, 0) is 4.74 Å². The number of hydrogen-bond acceptors (Lipinski definition) is 6. The van der Waals surface area contributed by atoms with E-state index in [1.807, 2.05) is 19.1 Å². The number of aryl methyl sites for hydroxylation is 3. The molecule has 0 fully saturated rings. The fraction of sp³-hybridized carbons (Fsp3) is 0.190. The fourth-order valence-corrected chi connectivity index (χ4v) is 2.68. The number of rotatable bonds is 5. The second-order valence-corrected chi connectivity index (χ2v) is 6.27. The quantitative estimate of drug-likeness (QED) is 0.642. The molecule has 27 heavy (non-hydrogen) atoms. The summed E-state index contributed by atoms with van der Waals surface area (Å²) in [5.74, 6) is 1.47. The van der Waals surface area contributed by atoms with Gasteiger partial charge in [0.05, 0.1) is 18.4 Å². The van der Waals surface area contributed by atoms with Crippen molar-refractivity contribution in [3.05, 3.63) is 71.0 Å². The lowest BCUT2D eigenvalue weighted by Gasteiger charge is -2.13. The Labute approximate surface area is 158 Å². The molecule has 0 spiro atoms. The lowest BCUT2D eigenvalue weighted by molar-refractivity contribution is 0.0602. The molecular formula is C21H22N4O2. The number of anilines is 4. The van der Waals surface area contributed by atoms with Gasteiger partial charge < -0.3 is 15.4 Å². The summed E-state index contributed by atoms with van der Waals surface area (Å²) in [5, 5.41) is 6.49. The first-order chi connectivity index (χ1) is 13.0. The van der Waals surface area contributed by atoms with Gasteiger partial charge in [0, 0.05) is 11.8 Å². The highest BCUT2D eigenvalue weighted by atomic mass is 16.5. The van der Waals surface area contributed by atoms with E-state index in [0.717, 1.165) is 5.69 Å². The predicted molar refractivity (Wildman–Crippen MR) is 107 cm³/mol. The van der Waals surface area contributed by atoms with Crippen LogP contribution in [0.3, 0.4) is 0 Å². The topological polar surface area (TPSA) is 76.1 Å². The first-order valence-corrected chi connectivity index (χ1v) is 8.60. The zero-order valence-corrected chi connectivity index (χ0v) is 15.8. The third kappa shape index (κ3) is 4.41. The molecule has 0 aliphatic rings. The molecule has 0 aliphatic heterocycles. The average Bonchev–Trinajstić information content (AvgIpc) is 2.64. The lowest BCUT2D eigenvalue weighted by atomic mass is 10.1. The second-order valence-electron chi connectivity index (χ2n) is 6.27. The van der Waals surface area contributed by atoms with Crippen LogP contribution in [0.15, 0.2) is 48.5 Å². The van der Waals surface area contributed by atoms with Crippen LogP contribution in [-0.4, -0.2) is 23.0 Å². The van der Waals surface area contributed by atoms with Crippen molar-refractivity contribution < 1.29 is 9.53 Å². The van der Waals surface area contributed by atoms with Crippen LogP contribution in [0.25, 0.3) is 0 Å². The summed E-state index contributed by atoms with van der Waals surface area (Å²) in [6.45, 7) is 5.97. The summed E-state index contributed by atoms with van der Waals surface area (Å²) in [7, 11) is 1.36. The van der Waals surface area contributed by atoms with E-state index < -0.39 is 5.97 Å². The number of esters is 1. The Bertz CT molecular complexity index is 986. The molecule has 1 aromatic heterocycles. The van der Waals surface area contributed by atoms with Crippen LogP contribution < -0.4 is 10.6 Å². The van der Waals surface area contributed by atoms with Crippen LogP contribution in [0.5, 0.6) is 0 Å². The van der Waals surface area contributed by atoms with Gasteiger partial charge in [-0.2, -0.15) is 0 Å². The highest BCUT2D eigenvalue weighted by molar-refractivity contribution is 5.96. The Hall–Kier alpha value is -3.41. The zero-order chi connectivity index (χ0) is 19.4. The molecule has 0 amide bonds. The van der Waals surface area contributed by atoms with E-state index in [4.69, 9.17) is 4.74 Å². The minimum Gasteiger partial charge on any atom is -0.465 e. The molecule has 0 unspecified atom stereocenters. The Balaban J connectivity index is 1.88. The van der Waals surface area contributed by atoms with E-state index in [9.17, 15) is 4.79 Å². The van der Waals surface area contributed by atoms with Crippen molar-refractivity contribution in [2.45, 2.75) is 20.8 Å². The molecule has 2 N–H and O–H groups in total. The van der Waals surface area contributed by atoms with Gasteiger partial charge in [-0.3, -0.25) is 0 Å². The van der Waals surface area contributed by atoms with E-state index >= 15 is 0 Å². The van der Waals surface area contributed by atoms with Gasteiger partial charge in [-0.05, 0) is 56.2 Å². The number of nitrogens with zero attached hydrogens (tertiary/aromatic N) is 2. The van der Waals surface area contributed by atoms with E-state index in [1.165, 1.54) is 18.2 Å². The molecule has 0 radical (unpaired) electrons. The minimum atomic E-state index is -0.405. The Morgan fingerprint density at radius 2 is 1.59 bits per heavy atom. The van der Waals surface area contributed by atoms with Gasteiger partial charge in [0.25, 0.3) is 0 Å². The molecule has 6 nitrogen and oxygen atoms in total. The number of hydrogen-bond donors (Lipinski definition) is 2. The Morgan fingerprint density at radius 1 is 0.889 bits per heavy atom. The highest BCUT2D eigenvalue weighted by Crippen LogP contribution is 2.24. The largest absolute Gasteiger partial charge is 0.465 e. The molecule has 3 rings (SSSR count). The van der Waals surface area contributed by atoms with Crippen molar-refractivity contribution in [2.75, 3.05) is 17.7 Å². The molecule has 1 heterocycles. The number of benzene rings is 2. The van der Waals surface area contributed by atoms with Crippen LogP contribution in [0, 0.1) is 20.8 Å². The van der Waals surface area contributed by atoms with Crippen LogP contribution >= 0.6 is 0 Å². The predicted octanol–water partition coefficient (Wildman–Crippen LogP) is 4.68. The van der Waals surface area contributed by atoms with Crippen molar-refractivity contribution in [2.24, 2.45) is 0 Å². The number of carbonyl (C=O) groups is 1. The van der Waals surface area contributed by atoms with E-state index in [2.05, 4.69) is 46.6 Å². The normalized spacial score (nSPS) is 10.4. The average molecular weight is 362 g/mol. The summed E-state index contributed by atoms with van der Waals surface area (Å²) in [4.78, 5) is 20.8. The summed E-state index contributed by atoms with van der Waals surface area (Å²) < 4.78 is 4.84. The fourth-order valence-electron chi connectivity index (χ4n) is 2.68. The maximum atomic E-state index is 12.0. The monoisotopic (exact) mass is 362 g/mol. The molecule has 0 bridgehead atoms. The van der Waals surface area contributed by atoms with E-state index in [-0.39, 0.29) is 0 Å². The van der Waals surface area contributed by atoms with E-state index in [1.54, 1.807) is 24.3 Å². The molecule has 2 aromatic carbocycles. The van der Waals surface area contributed by atoms with Crippen molar-refractivity contribution in [3.63, 3.8) is 0 Å². The summed E-state index contributed by atoms with van der Waals surface area (Å²) in [6.07, 6.45) is 0. The van der Waals surface area contributed by atoms with Gasteiger partial charge in [0.15, 0.2) is 0 Å². The third-order valence-corrected chi connectivity index (χ3v) is 4.21. The minimum absolute atomic E-state index is 0.405. The SMILES string of the molecule is COC(=O)c1ccccc1Nc1cc(Nc2ccc(C)c(C)c2)nc(C)n1. The third-order valence-electron chi connectivity index (χ3n) is 4.21. The summed E-state index contributed by atoms with van der Waals surface area (Å²) in [5.41, 5.74) is 4.47. The van der Waals surface area contributed by atoms with Gasteiger partial charge in [-0.15, -0.1) is 0 Å². The lowest BCUT2D eigenvalue weighted by Crippen LogP contribution is -2.07. The maximum Gasteiger partial charge on any atom is 0.339 e. The number of carbonyl (C=O) groups excluding carboxylic acids is 1. The number of para-hydroxylation sites is 1. The Kier molecular flexibility index (Phi) is 5.35. The number of ether oxygens (including phenoxy) is 1. The standard InChI is InChI=1S/C21H22N4O2/c1-13-9-10-16(11-14(13)2)24-19-12-20(23-15(3)22-19)25-18-8-6-5-7-17(18)21(26)27-4/h5-12H,1-4H3,(H2,22,23,24,25). The summed E-state index contributed by atoms with van der Waals surface area (Å²) in [6, 6.07) is 15.1. The van der Waals surface area contributed by atoms with Gasteiger partial charge in [0.2, 0.25) is 0 Å². The Morgan fingerprint density at radius 3 is 2.30 bits per heavy atom. The van der Waals surface area contributed by atoms with E-state index in [0.29, 0.717) is 28.7 Å². The van der Waals surface area contributed by atoms with Gasteiger partial charge >= 0.3 is 5.97 Å². The summed E-state index contributed by atoms with van der Waals surface area (Å²) >= 11 is 0. The molecule has 0 aliphatic carbocycles. The van der Waals surface area contributed by atoms with Gasteiger partial charge in [0.1, 0.15) is 17.5 Å². The smallest absolute Gasteiger partial charge is 0.339 e. The molecule has 6 heteroatoms. The molecule has 0 saturated heterocycles. The molecule has 3 aromatic rings. The zero-order valence-electron chi connectivity index (χ0n) is 15.8. The van der Waals surface area contributed by atoms with Crippen molar-refractivity contribution in [1.29, 1.82) is 0 Å². The van der Waals surface area contributed by atoms with Gasteiger partial charge in [-0.25, -0.2) is 14.8 Å². The first-order valence-electron chi connectivity index (χ1n) is 8.60. The van der Waals surface area contributed by atoms with Crippen LogP contribution in [0.2, 0.25) is 0 Å². The molecular weight excluding hydrogens is 340 g/mol. The number of nitrogens with one attached hydrogen (secondary N) is 2. The molecule has 0 saturated carbocycles. The van der Waals surface area contributed by atoms with Crippen molar-refractivity contribution in [3.8, 4) is 0 Å². The molecule has 0 atom stereocenters. The van der Waals surface area contributed by atoms with Crippen LogP contribution in [0.1, 0.15) is 27.3 Å². The maximum absolute atomic E-state index is 12.0. The number of methoxy groups -OCH3 is 1. The number of aromatic nitrogens is 2.